The van der Waals surface area contributed by atoms with Gasteiger partial charge in [-0.2, -0.15) is 0 Å². The number of aliphatic hydroxyl groups excluding tert-OH is 1. The highest BCUT2D eigenvalue weighted by Crippen LogP contribution is 2.41. The number of ether oxygens (including phenoxy) is 2. The van der Waals surface area contributed by atoms with Gasteiger partial charge in [0.05, 0.1) is 31.4 Å². The van der Waals surface area contributed by atoms with Crippen molar-refractivity contribution in [2.24, 2.45) is 0 Å². The molecule has 174 valence electrons. The summed E-state index contributed by atoms with van der Waals surface area (Å²) in [5, 5.41) is 11.1. The van der Waals surface area contributed by atoms with Gasteiger partial charge in [0.15, 0.2) is 0 Å². The number of methoxy groups -OCH3 is 1. The summed E-state index contributed by atoms with van der Waals surface area (Å²) in [7, 11) is 1.56. The topological polar surface area (TPSA) is 89.0 Å². The summed E-state index contributed by atoms with van der Waals surface area (Å²) in [4.78, 5) is 31.9. The standard InChI is InChI=1S/C27H26N2O5/c1-17(2)34-21-9-6-8-19(15-21)24-23(25(30)18-11-13-28-14-12-18)26(31)27(32)29(24)16-20-7-4-5-10-22(20)33-3/h4-15,17,24,30H,16H2,1-3H3/b25-23-. The van der Waals surface area contributed by atoms with Crippen LogP contribution in [0.2, 0.25) is 0 Å². The van der Waals surface area contributed by atoms with E-state index in [0.29, 0.717) is 22.6 Å². The second kappa shape index (κ2) is 9.79. The van der Waals surface area contributed by atoms with E-state index >= 15 is 0 Å². The van der Waals surface area contributed by atoms with Crippen molar-refractivity contribution < 1.29 is 24.2 Å². The number of para-hydroxylation sites is 1. The third-order valence-corrected chi connectivity index (χ3v) is 5.57. The van der Waals surface area contributed by atoms with Crippen molar-refractivity contribution in [2.75, 3.05) is 7.11 Å². The first kappa shape index (κ1) is 23.0. The van der Waals surface area contributed by atoms with Crippen molar-refractivity contribution in [1.29, 1.82) is 0 Å². The Kier molecular flexibility index (Phi) is 6.63. The van der Waals surface area contributed by atoms with E-state index in [1.807, 2.05) is 50.2 Å². The van der Waals surface area contributed by atoms with Crippen molar-refractivity contribution >= 4 is 17.4 Å². The number of rotatable bonds is 7. The summed E-state index contributed by atoms with van der Waals surface area (Å²) < 4.78 is 11.3. The van der Waals surface area contributed by atoms with Gasteiger partial charge in [-0.1, -0.05) is 30.3 Å². The molecule has 1 saturated heterocycles. The lowest BCUT2D eigenvalue weighted by Gasteiger charge is -2.26. The zero-order valence-corrected chi connectivity index (χ0v) is 19.3. The molecule has 4 rings (SSSR count). The molecule has 0 radical (unpaired) electrons. The minimum Gasteiger partial charge on any atom is -0.507 e. The number of carbonyl (C=O) groups is 2. The average molecular weight is 459 g/mol. The van der Waals surface area contributed by atoms with Crippen LogP contribution < -0.4 is 9.47 Å². The number of amides is 1. The molecular weight excluding hydrogens is 432 g/mol. The second-order valence-electron chi connectivity index (χ2n) is 8.21. The summed E-state index contributed by atoms with van der Waals surface area (Å²) in [6.45, 7) is 3.97. The van der Waals surface area contributed by atoms with Gasteiger partial charge in [0.2, 0.25) is 0 Å². The van der Waals surface area contributed by atoms with Crippen molar-refractivity contribution in [1.82, 2.24) is 9.88 Å². The lowest BCUT2D eigenvalue weighted by Crippen LogP contribution is -2.29. The fraction of sp³-hybridized carbons (Fsp3) is 0.222. The first-order chi connectivity index (χ1) is 16.4. The van der Waals surface area contributed by atoms with Crippen LogP contribution in [0.1, 0.15) is 36.6 Å². The SMILES string of the molecule is COc1ccccc1CN1C(=O)C(=O)/C(=C(\O)c2ccncc2)C1c1cccc(OC(C)C)c1. The van der Waals surface area contributed by atoms with Crippen LogP contribution in [0, 0.1) is 0 Å². The summed E-state index contributed by atoms with van der Waals surface area (Å²) in [5.74, 6) is -0.469. The third kappa shape index (κ3) is 4.50. The quantitative estimate of drug-likeness (QED) is 0.319. The molecule has 3 aromatic rings. The van der Waals surface area contributed by atoms with E-state index in [0.717, 1.165) is 5.56 Å². The predicted molar refractivity (Wildman–Crippen MR) is 127 cm³/mol. The molecule has 1 unspecified atom stereocenters. The molecule has 1 amide bonds. The highest BCUT2D eigenvalue weighted by molar-refractivity contribution is 6.46. The minimum atomic E-state index is -0.811. The number of carbonyl (C=O) groups excluding carboxylic acids is 2. The zero-order valence-electron chi connectivity index (χ0n) is 19.3. The number of hydrogen-bond donors (Lipinski definition) is 1. The Morgan fingerprint density at radius 1 is 1.06 bits per heavy atom. The molecule has 0 spiro atoms. The lowest BCUT2D eigenvalue weighted by atomic mass is 9.95. The van der Waals surface area contributed by atoms with E-state index in [2.05, 4.69) is 4.98 Å². The lowest BCUT2D eigenvalue weighted by molar-refractivity contribution is -0.140. The Balaban J connectivity index is 1.87. The molecular formula is C27H26N2O5. The molecule has 1 aliphatic rings. The fourth-order valence-corrected chi connectivity index (χ4v) is 4.10. The van der Waals surface area contributed by atoms with E-state index in [9.17, 15) is 14.7 Å². The molecule has 34 heavy (non-hydrogen) atoms. The Morgan fingerprint density at radius 3 is 2.50 bits per heavy atom. The monoisotopic (exact) mass is 458 g/mol. The molecule has 1 aliphatic heterocycles. The summed E-state index contributed by atoms with van der Waals surface area (Å²) in [6.07, 6.45) is 2.99. The summed E-state index contributed by atoms with van der Waals surface area (Å²) >= 11 is 0. The van der Waals surface area contributed by atoms with Gasteiger partial charge < -0.3 is 19.5 Å². The van der Waals surface area contributed by atoms with E-state index in [1.165, 1.54) is 17.3 Å². The smallest absolute Gasteiger partial charge is 0.295 e. The summed E-state index contributed by atoms with van der Waals surface area (Å²) in [5.41, 5.74) is 1.83. The Morgan fingerprint density at radius 2 is 1.79 bits per heavy atom. The number of benzene rings is 2. The maximum Gasteiger partial charge on any atom is 0.295 e. The van der Waals surface area contributed by atoms with Crippen molar-refractivity contribution in [3.63, 3.8) is 0 Å². The van der Waals surface area contributed by atoms with E-state index in [4.69, 9.17) is 9.47 Å². The van der Waals surface area contributed by atoms with E-state index in [-0.39, 0.29) is 24.0 Å². The largest absolute Gasteiger partial charge is 0.507 e. The van der Waals surface area contributed by atoms with Gasteiger partial charge in [-0.25, -0.2) is 0 Å². The van der Waals surface area contributed by atoms with Crippen LogP contribution in [0.5, 0.6) is 11.5 Å². The van der Waals surface area contributed by atoms with E-state index in [1.54, 1.807) is 31.4 Å². The maximum atomic E-state index is 13.2. The maximum absolute atomic E-state index is 13.2. The van der Waals surface area contributed by atoms with Crippen LogP contribution in [-0.2, 0) is 16.1 Å². The molecule has 7 nitrogen and oxygen atoms in total. The molecule has 1 N–H and O–H groups in total. The molecule has 1 fully saturated rings. The van der Waals surface area contributed by atoms with Crippen LogP contribution in [0.3, 0.4) is 0 Å². The van der Waals surface area contributed by atoms with Gasteiger partial charge in [-0.05, 0) is 49.7 Å². The van der Waals surface area contributed by atoms with Gasteiger partial charge in [0.1, 0.15) is 17.3 Å². The summed E-state index contributed by atoms with van der Waals surface area (Å²) in [6, 6.07) is 16.9. The number of likely N-dealkylation sites (tertiary alicyclic amines) is 1. The molecule has 0 aliphatic carbocycles. The Hall–Kier alpha value is -4.13. The predicted octanol–water partition coefficient (Wildman–Crippen LogP) is 4.50. The van der Waals surface area contributed by atoms with Crippen molar-refractivity contribution in [3.8, 4) is 11.5 Å². The first-order valence-corrected chi connectivity index (χ1v) is 11.0. The molecule has 7 heteroatoms. The molecule has 2 heterocycles. The first-order valence-electron chi connectivity index (χ1n) is 11.0. The number of hydrogen-bond acceptors (Lipinski definition) is 6. The number of aromatic nitrogens is 1. The highest BCUT2D eigenvalue weighted by atomic mass is 16.5. The third-order valence-electron chi connectivity index (χ3n) is 5.57. The van der Waals surface area contributed by atoms with Crippen LogP contribution in [0.25, 0.3) is 5.76 Å². The zero-order chi connectivity index (χ0) is 24.2. The number of nitrogens with zero attached hydrogens (tertiary/aromatic N) is 2. The second-order valence-corrected chi connectivity index (χ2v) is 8.21. The minimum absolute atomic E-state index is 0.0211. The number of ketones is 1. The van der Waals surface area contributed by atoms with Gasteiger partial charge in [0.25, 0.3) is 11.7 Å². The van der Waals surface area contributed by atoms with Crippen LogP contribution >= 0.6 is 0 Å². The Bertz CT molecular complexity index is 1240. The van der Waals surface area contributed by atoms with Crippen molar-refractivity contribution in [2.45, 2.75) is 32.5 Å². The molecule has 2 aromatic carbocycles. The van der Waals surface area contributed by atoms with Gasteiger partial charge >= 0.3 is 0 Å². The van der Waals surface area contributed by atoms with Gasteiger partial charge in [0, 0.05) is 23.5 Å². The van der Waals surface area contributed by atoms with Crippen molar-refractivity contribution in [3.05, 3.63) is 95.3 Å². The molecule has 0 saturated carbocycles. The van der Waals surface area contributed by atoms with Crippen LogP contribution in [-0.4, -0.2) is 39.9 Å². The molecule has 1 aromatic heterocycles. The Labute approximate surface area is 198 Å². The molecule has 0 bridgehead atoms. The van der Waals surface area contributed by atoms with Gasteiger partial charge in [-0.3, -0.25) is 14.6 Å². The van der Waals surface area contributed by atoms with E-state index < -0.39 is 17.7 Å². The molecule has 1 atom stereocenters. The van der Waals surface area contributed by atoms with Crippen LogP contribution in [0.4, 0.5) is 0 Å². The van der Waals surface area contributed by atoms with Crippen LogP contribution in [0.15, 0.2) is 78.6 Å². The fourth-order valence-electron chi connectivity index (χ4n) is 4.10. The average Bonchev–Trinajstić information content (AvgIpc) is 3.09. The number of pyridine rings is 1. The number of aliphatic hydroxyl groups is 1. The normalized spacial score (nSPS) is 17.3. The number of Topliss-reactive ketones (excluding diaryl/α,β-unsaturated/α-hetero) is 1. The highest BCUT2D eigenvalue weighted by Gasteiger charge is 2.46. The van der Waals surface area contributed by atoms with Gasteiger partial charge in [-0.15, -0.1) is 0 Å².